The van der Waals surface area contributed by atoms with Gasteiger partial charge in [-0.2, -0.15) is 13.2 Å². The molecule has 3 nitrogen and oxygen atoms in total. The van der Waals surface area contributed by atoms with E-state index in [0.29, 0.717) is 0 Å². The number of hydrogen-bond acceptors (Lipinski definition) is 3. The molecule has 0 bridgehead atoms. The van der Waals surface area contributed by atoms with Crippen LogP contribution in [0.25, 0.3) is 0 Å². The van der Waals surface area contributed by atoms with Gasteiger partial charge in [0, 0.05) is 6.20 Å². The Morgan fingerprint density at radius 1 is 1.53 bits per heavy atom. The normalized spacial score (nSPS) is 11.3. The lowest BCUT2D eigenvalue weighted by atomic mass is 10.1. The topological polar surface area (TPSA) is 39.2 Å². The number of esters is 1. The Morgan fingerprint density at radius 3 is 2.60 bits per heavy atom. The number of methoxy groups -OCH3 is 1. The SMILES string of the molecule is COC(=O)c1ccnc(Br)c1C(F)(F)F. The zero-order chi connectivity index (χ0) is 11.6. The molecule has 82 valence electrons. The first kappa shape index (κ1) is 12.0. The van der Waals surface area contributed by atoms with Gasteiger partial charge in [-0.1, -0.05) is 0 Å². The van der Waals surface area contributed by atoms with Crippen molar-refractivity contribution in [2.75, 3.05) is 7.11 Å². The van der Waals surface area contributed by atoms with E-state index in [1.807, 2.05) is 0 Å². The fraction of sp³-hybridized carbons (Fsp3) is 0.250. The summed E-state index contributed by atoms with van der Waals surface area (Å²) in [5.74, 6) is -1.05. The van der Waals surface area contributed by atoms with Crippen molar-refractivity contribution in [1.82, 2.24) is 4.98 Å². The van der Waals surface area contributed by atoms with Gasteiger partial charge in [-0.05, 0) is 22.0 Å². The second kappa shape index (κ2) is 4.18. The number of aromatic nitrogens is 1. The van der Waals surface area contributed by atoms with Gasteiger partial charge in [-0.25, -0.2) is 9.78 Å². The quantitative estimate of drug-likeness (QED) is 0.588. The third-order valence-electron chi connectivity index (χ3n) is 1.59. The molecule has 7 heteroatoms. The van der Waals surface area contributed by atoms with Crippen molar-refractivity contribution >= 4 is 21.9 Å². The number of alkyl halides is 3. The summed E-state index contributed by atoms with van der Waals surface area (Å²) in [6, 6.07) is 0.958. The van der Waals surface area contributed by atoms with Crippen molar-refractivity contribution in [1.29, 1.82) is 0 Å². The lowest BCUT2D eigenvalue weighted by Gasteiger charge is -2.11. The Hall–Kier alpha value is -1.11. The molecule has 0 aliphatic rings. The third kappa shape index (κ3) is 2.47. The number of nitrogens with zero attached hydrogens (tertiary/aromatic N) is 1. The summed E-state index contributed by atoms with van der Waals surface area (Å²) in [6.07, 6.45) is -3.57. The van der Waals surface area contributed by atoms with Crippen LogP contribution in [0.2, 0.25) is 0 Å². The number of rotatable bonds is 1. The second-order valence-corrected chi connectivity index (χ2v) is 3.26. The largest absolute Gasteiger partial charge is 0.465 e. The van der Waals surface area contributed by atoms with Crippen molar-refractivity contribution in [2.45, 2.75) is 6.18 Å². The van der Waals surface area contributed by atoms with Crippen molar-refractivity contribution in [2.24, 2.45) is 0 Å². The van der Waals surface area contributed by atoms with Gasteiger partial charge in [-0.3, -0.25) is 0 Å². The summed E-state index contributed by atoms with van der Waals surface area (Å²) in [7, 11) is 1.01. The average Bonchev–Trinajstić information content (AvgIpc) is 2.14. The standard InChI is InChI=1S/C8H5BrF3NO2/c1-15-7(14)4-2-3-13-6(9)5(4)8(10,11)12/h2-3H,1H3. The Morgan fingerprint density at radius 2 is 2.13 bits per heavy atom. The summed E-state index contributed by atoms with van der Waals surface area (Å²) >= 11 is 2.64. The highest BCUT2D eigenvalue weighted by Crippen LogP contribution is 2.36. The van der Waals surface area contributed by atoms with E-state index in [4.69, 9.17) is 0 Å². The predicted octanol–water partition coefficient (Wildman–Crippen LogP) is 2.65. The molecule has 0 aliphatic heterocycles. The highest BCUT2D eigenvalue weighted by molar-refractivity contribution is 9.10. The average molecular weight is 284 g/mol. The Kier molecular flexibility index (Phi) is 3.33. The van der Waals surface area contributed by atoms with E-state index in [9.17, 15) is 18.0 Å². The van der Waals surface area contributed by atoms with E-state index in [-0.39, 0.29) is 0 Å². The molecule has 0 amide bonds. The Balaban J connectivity index is 3.40. The van der Waals surface area contributed by atoms with Gasteiger partial charge in [0.05, 0.1) is 12.7 Å². The number of halogens is 4. The molecule has 0 aliphatic carbocycles. The summed E-state index contributed by atoms with van der Waals surface area (Å²) < 4.78 is 41.4. The van der Waals surface area contributed by atoms with Crippen molar-refractivity contribution in [3.8, 4) is 0 Å². The van der Waals surface area contributed by atoms with Crippen molar-refractivity contribution in [3.63, 3.8) is 0 Å². The summed E-state index contributed by atoms with van der Waals surface area (Å²) in [5.41, 5.74) is -1.69. The maximum atomic E-state index is 12.5. The van der Waals surface area contributed by atoms with Crippen molar-refractivity contribution in [3.05, 3.63) is 28.0 Å². The smallest absolute Gasteiger partial charge is 0.419 e. The van der Waals surface area contributed by atoms with Crippen LogP contribution in [-0.4, -0.2) is 18.1 Å². The van der Waals surface area contributed by atoms with Crippen LogP contribution in [0, 0.1) is 0 Å². The van der Waals surface area contributed by atoms with Gasteiger partial charge in [-0.15, -0.1) is 0 Å². The van der Waals surface area contributed by atoms with Gasteiger partial charge in [0.1, 0.15) is 10.2 Å². The number of carbonyl (C=O) groups is 1. The van der Waals surface area contributed by atoms with E-state index in [1.165, 1.54) is 0 Å². The van der Waals surface area contributed by atoms with E-state index in [1.54, 1.807) is 0 Å². The lowest BCUT2D eigenvalue weighted by Crippen LogP contribution is -2.15. The number of hydrogen-bond donors (Lipinski definition) is 0. The second-order valence-electron chi connectivity index (χ2n) is 2.51. The van der Waals surface area contributed by atoms with Gasteiger partial charge < -0.3 is 4.74 Å². The molecular formula is C8H5BrF3NO2. The molecule has 15 heavy (non-hydrogen) atoms. The van der Waals surface area contributed by atoms with Gasteiger partial charge >= 0.3 is 12.1 Å². The van der Waals surface area contributed by atoms with Crippen LogP contribution >= 0.6 is 15.9 Å². The van der Waals surface area contributed by atoms with E-state index >= 15 is 0 Å². The first-order valence-electron chi connectivity index (χ1n) is 3.68. The lowest BCUT2D eigenvalue weighted by molar-refractivity contribution is -0.139. The molecule has 0 N–H and O–H groups in total. The van der Waals surface area contributed by atoms with Crippen LogP contribution in [0.4, 0.5) is 13.2 Å². The molecular weight excluding hydrogens is 279 g/mol. The molecule has 0 spiro atoms. The molecule has 0 atom stereocenters. The highest BCUT2D eigenvalue weighted by Gasteiger charge is 2.38. The third-order valence-corrected chi connectivity index (χ3v) is 2.19. The first-order valence-corrected chi connectivity index (χ1v) is 4.47. The molecule has 1 heterocycles. The molecule has 1 aromatic heterocycles. The minimum absolute atomic E-state index is 0.432. The van der Waals surface area contributed by atoms with Gasteiger partial charge in [0.2, 0.25) is 0 Å². The molecule has 0 saturated carbocycles. The first-order chi connectivity index (χ1) is 6.88. The summed E-state index contributed by atoms with van der Waals surface area (Å²) in [5, 5.41) is 0. The van der Waals surface area contributed by atoms with E-state index in [0.717, 1.165) is 19.4 Å². The number of pyridine rings is 1. The zero-order valence-corrected chi connectivity index (χ0v) is 9.02. The maximum absolute atomic E-state index is 12.5. The number of ether oxygens (including phenoxy) is 1. The maximum Gasteiger partial charge on any atom is 0.419 e. The molecule has 0 aromatic carbocycles. The Labute approximate surface area is 91.4 Å². The van der Waals surface area contributed by atoms with Crippen LogP contribution < -0.4 is 0 Å². The molecule has 0 saturated heterocycles. The molecule has 1 aromatic rings. The zero-order valence-electron chi connectivity index (χ0n) is 7.43. The molecule has 0 radical (unpaired) electrons. The summed E-state index contributed by atoms with van der Waals surface area (Å²) in [6.45, 7) is 0. The molecule has 1 rings (SSSR count). The van der Waals surface area contributed by atoms with Crippen molar-refractivity contribution < 1.29 is 22.7 Å². The Bertz CT molecular complexity index is 392. The molecule has 0 fully saturated rings. The van der Waals surface area contributed by atoms with E-state index in [2.05, 4.69) is 25.7 Å². The minimum Gasteiger partial charge on any atom is -0.465 e. The van der Waals surface area contributed by atoms with E-state index < -0.39 is 27.9 Å². The van der Waals surface area contributed by atoms with Gasteiger partial charge in [0.25, 0.3) is 0 Å². The summed E-state index contributed by atoms with van der Waals surface area (Å²) in [4.78, 5) is 14.5. The predicted molar refractivity (Wildman–Crippen MR) is 48.3 cm³/mol. The van der Waals surface area contributed by atoms with Crippen LogP contribution in [-0.2, 0) is 10.9 Å². The monoisotopic (exact) mass is 283 g/mol. The number of carbonyl (C=O) groups excluding carboxylic acids is 1. The fourth-order valence-corrected chi connectivity index (χ4v) is 1.54. The van der Waals surface area contributed by atoms with Crippen LogP contribution in [0.5, 0.6) is 0 Å². The fourth-order valence-electron chi connectivity index (χ4n) is 0.986. The van der Waals surface area contributed by atoms with Gasteiger partial charge in [0.15, 0.2) is 0 Å². The van der Waals surface area contributed by atoms with Crippen LogP contribution in [0.3, 0.4) is 0 Å². The molecule has 0 unspecified atom stereocenters. The van der Waals surface area contributed by atoms with Crippen LogP contribution in [0.15, 0.2) is 16.9 Å². The van der Waals surface area contributed by atoms with Crippen LogP contribution in [0.1, 0.15) is 15.9 Å². The minimum atomic E-state index is -4.66. The highest BCUT2D eigenvalue weighted by atomic mass is 79.9.